The van der Waals surface area contributed by atoms with Gasteiger partial charge in [0.25, 0.3) is 5.91 Å². The number of methoxy groups -OCH3 is 3. The van der Waals surface area contributed by atoms with Gasteiger partial charge in [0.05, 0.1) is 27.0 Å². The summed E-state index contributed by atoms with van der Waals surface area (Å²) < 4.78 is 16.2. The summed E-state index contributed by atoms with van der Waals surface area (Å²) in [6, 6.07) is 11.8. The van der Waals surface area contributed by atoms with E-state index in [4.69, 9.17) is 14.2 Å². The number of imide groups is 1. The molecule has 0 saturated carbocycles. The molecule has 0 radical (unpaired) electrons. The number of hydrogen-bond acceptors (Lipinski definition) is 6. The molecule has 146 valence electrons. The van der Waals surface area contributed by atoms with Gasteiger partial charge in [0.15, 0.2) is 11.5 Å². The number of carbonyl (C=O) groups is 2. The number of carbonyl (C=O) groups excluding carboxylic acids is 2. The summed E-state index contributed by atoms with van der Waals surface area (Å²) in [6.45, 7) is 0. The molecule has 2 fully saturated rings. The number of anilines is 1. The first-order chi connectivity index (χ1) is 13.6. The SMILES string of the molecule is COc1cc(C2SC[C@@H]3C(=O)N(c4ccccc4)C(=O)N23)cc(OC)c1OC. The Kier molecular flexibility index (Phi) is 4.80. The van der Waals surface area contributed by atoms with E-state index in [1.54, 1.807) is 50.1 Å². The van der Waals surface area contributed by atoms with Gasteiger partial charge in [-0.1, -0.05) is 18.2 Å². The zero-order valence-corrected chi connectivity index (χ0v) is 16.6. The largest absolute Gasteiger partial charge is 0.493 e. The number of thioether (sulfide) groups is 1. The number of ether oxygens (including phenoxy) is 3. The van der Waals surface area contributed by atoms with E-state index in [-0.39, 0.29) is 17.3 Å². The average Bonchev–Trinajstić information content (AvgIpc) is 3.27. The third-order valence-corrected chi connectivity index (χ3v) is 6.23. The molecular weight excluding hydrogens is 380 g/mol. The molecule has 2 aromatic rings. The smallest absolute Gasteiger partial charge is 0.333 e. The second-order valence-corrected chi connectivity index (χ2v) is 7.47. The minimum absolute atomic E-state index is 0.196. The lowest BCUT2D eigenvalue weighted by atomic mass is 10.1. The molecule has 8 heteroatoms. The Balaban J connectivity index is 1.72. The van der Waals surface area contributed by atoms with Crippen molar-refractivity contribution in [2.24, 2.45) is 0 Å². The van der Waals surface area contributed by atoms with Gasteiger partial charge in [-0.3, -0.25) is 9.69 Å². The number of para-hydroxylation sites is 1. The van der Waals surface area contributed by atoms with E-state index in [0.29, 0.717) is 28.7 Å². The van der Waals surface area contributed by atoms with Crippen LogP contribution in [0.4, 0.5) is 10.5 Å². The maximum Gasteiger partial charge on any atom is 0.333 e. The van der Waals surface area contributed by atoms with Crippen LogP contribution < -0.4 is 19.1 Å². The molecule has 0 N–H and O–H groups in total. The van der Waals surface area contributed by atoms with Crippen LogP contribution >= 0.6 is 11.8 Å². The zero-order valence-electron chi connectivity index (χ0n) is 15.7. The third kappa shape index (κ3) is 2.75. The van der Waals surface area contributed by atoms with Gasteiger partial charge in [0, 0.05) is 5.75 Å². The maximum atomic E-state index is 13.1. The van der Waals surface area contributed by atoms with Gasteiger partial charge >= 0.3 is 6.03 Å². The predicted molar refractivity (Wildman–Crippen MR) is 106 cm³/mol. The maximum absolute atomic E-state index is 13.1. The minimum atomic E-state index is -0.484. The van der Waals surface area contributed by atoms with Crippen LogP contribution in [-0.2, 0) is 4.79 Å². The Bertz CT molecular complexity index is 895. The van der Waals surface area contributed by atoms with Gasteiger partial charge < -0.3 is 14.2 Å². The van der Waals surface area contributed by atoms with Crippen molar-refractivity contribution in [2.45, 2.75) is 11.4 Å². The van der Waals surface area contributed by atoms with Gasteiger partial charge in [0.1, 0.15) is 11.4 Å². The van der Waals surface area contributed by atoms with E-state index in [0.717, 1.165) is 5.56 Å². The zero-order chi connectivity index (χ0) is 19.8. The lowest BCUT2D eigenvalue weighted by Gasteiger charge is -2.24. The van der Waals surface area contributed by atoms with Crippen molar-refractivity contribution in [3.63, 3.8) is 0 Å². The third-order valence-electron chi connectivity index (χ3n) is 4.90. The normalized spacial score (nSPS) is 21.1. The Morgan fingerprint density at radius 3 is 2.18 bits per heavy atom. The standard InChI is InChI=1S/C20H20N2O5S/c1-25-15-9-12(10-16(26-2)17(15)27-3)19-22-14(11-28-19)18(23)21(20(22)24)13-7-5-4-6-8-13/h4-10,14,19H,11H2,1-3H3/t14-,19?/m1/s1. The van der Waals surface area contributed by atoms with Crippen molar-refractivity contribution in [1.29, 1.82) is 0 Å². The summed E-state index contributed by atoms with van der Waals surface area (Å²) in [7, 11) is 4.64. The molecule has 0 spiro atoms. The summed E-state index contributed by atoms with van der Waals surface area (Å²) in [4.78, 5) is 28.9. The fraction of sp³-hybridized carbons (Fsp3) is 0.300. The average molecular weight is 400 g/mol. The Hall–Kier alpha value is -2.87. The molecule has 2 saturated heterocycles. The van der Waals surface area contributed by atoms with Crippen LogP contribution in [-0.4, -0.2) is 50.0 Å². The molecular formula is C20H20N2O5S. The number of amides is 3. The molecule has 2 aliphatic heterocycles. The van der Waals surface area contributed by atoms with Crippen molar-refractivity contribution in [3.8, 4) is 17.2 Å². The highest BCUT2D eigenvalue weighted by Crippen LogP contribution is 2.49. The van der Waals surface area contributed by atoms with Crippen molar-refractivity contribution in [1.82, 2.24) is 4.90 Å². The summed E-state index contributed by atoms with van der Waals surface area (Å²) in [5.74, 6) is 1.86. The molecule has 2 aliphatic rings. The van der Waals surface area contributed by atoms with Crippen LogP contribution in [0.25, 0.3) is 0 Å². The summed E-state index contributed by atoms with van der Waals surface area (Å²) in [5.41, 5.74) is 1.40. The second kappa shape index (κ2) is 7.27. The van der Waals surface area contributed by atoms with Gasteiger partial charge in [-0.2, -0.15) is 0 Å². The number of urea groups is 1. The van der Waals surface area contributed by atoms with Crippen LogP contribution in [0.3, 0.4) is 0 Å². The molecule has 28 heavy (non-hydrogen) atoms. The van der Waals surface area contributed by atoms with Gasteiger partial charge in [-0.25, -0.2) is 9.69 Å². The van der Waals surface area contributed by atoms with Crippen molar-refractivity contribution < 1.29 is 23.8 Å². The Labute approximate surface area is 167 Å². The first-order valence-corrected chi connectivity index (χ1v) is 9.78. The highest BCUT2D eigenvalue weighted by molar-refractivity contribution is 7.99. The molecule has 1 unspecified atom stereocenters. The van der Waals surface area contributed by atoms with Crippen LogP contribution in [0.15, 0.2) is 42.5 Å². The predicted octanol–water partition coefficient (Wildman–Crippen LogP) is 3.30. The molecule has 4 rings (SSSR count). The number of hydrogen-bond donors (Lipinski definition) is 0. The van der Waals surface area contributed by atoms with E-state index < -0.39 is 6.04 Å². The molecule has 3 amide bonds. The minimum Gasteiger partial charge on any atom is -0.493 e. The molecule has 2 aromatic carbocycles. The van der Waals surface area contributed by atoms with Crippen LogP contribution in [0, 0.1) is 0 Å². The van der Waals surface area contributed by atoms with Crippen LogP contribution in [0.2, 0.25) is 0 Å². The highest BCUT2D eigenvalue weighted by atomic mass is 32.2. The quantitative estimate of drug-likeness (QED) is 0.718. The highest BCUT2D eigenvalue weighted by Gasteiger charge is 2.53. The molecule has 0 aromatic heterocycles. The molecule has 0 aliphatic carbocycles. The first-order valence-electron chi connectivity index (χ1n) is 8.73. The van der Waals surface area contributed by atoms with Crippen molar-refractivity contribution >= 4 is 29.4 Å². The first kappa shape index (κ1) is 18.5. The fourth-order valence-electron chi connectivity index (χ4n) is 3.60. The number of rotatable bonds is 5. The van der Waals surface area contributed by atoms with E-state index >= 15 is 0 Å². The van der Waals surface area contributed by atoms with E-state index in [1.807, 2.05) is 30.3 Å². The lowest BCUT2D eigenvalue weighted by molar-refractivity contribution is -0.119. The molecule has 0 bridgehead atoms. The fourth-order valence-corrected chi connectivity index (χ4v) is 5.00. The van der Waals surface area contributed by atoms with Crippen LogP contribution in [0.5, 0.6) is 17.2 Å². The Morgan fingerprint density at radius 2 is 1.61 bits per heavy atom. The van der Waals surface area contributed by atoms with Crippen molar-refractivity contribution in [3.05, 3.63) is 48.0 Å². The summed E-state index contributed by atoms with van der Waals surface area (Å²) in [6.07, 6.45) is 0. The van der Waals surface area contributed by atoms with Crippen LogP contribution in [0.1, 0.15) is 10.9 Å². The Morgan fingerprint density at radius 1 is 0.964 bits per heavy atom. The van der Waals surface area contributed by atoms with E-state index in [2.05, 4.69) is 0 Å². The molecule has 2 heterocycles. The van der Waals surface area contributed by atoms with Gasteiger partial charge in [-0.05, 0) is 29.8 Å². The van der Waals surface area contributed by atoms with E-state index in [9.17, 15) is 9.59 Å². The lowest BCUT2D eigenvalue weighted by Crippen LogP contribution is -2.33. The topological polar surface area (TPSA) is 68.3 Å². The summed E-state index contributed by atoms with van der Waals surface area (Å²) in [5, 5.41) is -0.316. The van der Waals surface area contributed by atoms with E-state index in [1.165, 1.54) is 4.90 Å². The monoisotopic (exact) mass is 400 g/mol. The number of benzene rings is 2. The van der Waals surface area contributed by atoms with Crippen molar-refractivity contribution in [2.75, 3.05) is 32.0 Å². The molecule has 2 atom stereocenters. The molecule has 7 nitrogen and oxygen atoms in total. The second-order valence-electron chi connectivity index (χ2n) is 6.36. The van der Waals surface area contributed by atoms with Gasteiger partial charge in [0.2, 0.25) is 5.75 Å². The summed E-state index contributed by atoms with van der Waals surface area (Å²) >= 11 is 1.55. The number of fused-ring (bicyclic) bond motifs is 1. The number of nitrogens with zero attached hydrogens (tertiary/aromatic N) is 2. The van der Waals surface area contributed by atoms with Gasteiger partial charge in [-0.15, -0.1) is 11.8 Å².